The number of amides is 1. The molecule has 14 heavy (non-hydrogen) atoms. The van der Waals surface area contributed by atoms with Crippen LogP contribution in [0.3, 0.4) is 0 Å². The van der Waals surface area contributed by atoms with Crippen LogP contribution < -0.4 is 0 Å². The maximum absolute atomic E-state index is 11.9. The molecule has 2 heterocycles. The van der Waals surface area contributed by atoms with Crippen LogP contribution in [0.1, 0.15) is 45.4 Å². The van der Waals surface area contributed by atoms with E-state index in [-0.39, 0.29) is 17.7 Å². The first-order valence-corrected chi connectivity index (χ1v) is 5.52. The van der Waals surface area contributed by atoms with Crippen molar-refractivity contribution < 1.29 is 9.53 Å². The third-order valence-corrected chi connectivity index (χ3v) is 3.70. The molecule has 2 atom stereocenters. The first-order chi connectivity index (χ1) is 6.67. The van der Waals surface area contributed by atoms with Crippen LogP contribution in [-0.2, 0) is 9.53 Å². The van der Waals surface area contributed by atoms with Gasteiger partial charge in [-0.2, -0.15) is 0 Å². The van der Waals surface area contributed by atoms with Crippen molar-refractivity contribution in [2.24, 2.45) is 0 Å². The largest absolute Gasteiger partial charge is 0.362 e. The zero-order valence-corrected chi connectivity index (χ0v) is 9.08. The Morgan fingerprint density at radius 2 is 2.21 bits per heavy atom. The molecule has 2 saturated heterocycles. The first kappa shape index (κ1) is 9.97. The van der Waals surface area contributed by atoms with Gasteiger partial charge >= 0.3 is 0 Å². The van der Waals surface area contributed by atoms with Crippen LogP contribution in [0.25, 0.3) is 0 Å². The second-order valence-electron chi connectivity index (χ2n) is 4.70. The fourth-order valence-electron chi connectivity index (χ4n) is 2.86. The molecule has 80 valence electrons. The van der Waals surface area contributed by atoms with Crippen molar-refractivity contribution in [1.82, 2.24) is 4.90 Å². The molecular formula is C11H19NO2. The lowest BCUT2D eigenvalue weighted by atomic mass is 9.93. The summed E-state index contributed by atoms with van der Waals surface area (Å²) in [5.41, 5.74) is 0.0776. The van der Waals surface area contributed by atoms with Crippen molar-refractivity contribution in [2.75, 3.05) is 7.11 Å². The van der Waals surface area contributed by atoms with E-state index in [0.29, 0.717) is 6.42 Å². The van der Waals surface area contributed by atoms with Gasteiger partial charge in [0, 0.05) is 19.1 Å². The van der Waals surface area contributed by atoms with Crippen molar-refractivity contribution in [3.8, 4) is 0 Å². The summed E-state index contributed by atoms with van der Waals surface area (Å²) in [4.78, 5) is 13.9. The van der Waals surface area contributed by atoms with E-state index in [9.17, 15) is 4.79 Å². The van der Waals surface area contributed by atoms with E-state index in [0.717, 1.165) is 25.7 Å². The van der Waals surface area contributed by atoms with Gasteiger partial charge in [0.15, 0.2) is 0 Å². The van der Waals surface area contributed by atoms with Gasteiger partial charge < -0.3 is 9.64 Å². The minimum atomic E-state index is 0.0330. The molecule has 0 radical (unpaired) electrons. The molecule has 0 spiro atoms. The van der Waals surface area contributed by atoms with Crippen molar-refractivity contribution in [1.29, 1.82) is 0 Å². The van der Waals surface area contributed by atoms with Crippen molar-refractivity contribution in [3.63, 3.8) is 0 Å². The standard InChI is InChI=1S/C11H19NO2/c1-11-7-4-3-5-9(13)12(11)10(14-2)6-8-11/h10H,3-8H2,1-2H3/t10?,11-/m1/s1. The highest BCUT2D eigenvalue weighted by atomic mass is 16.5. The Morgan fingerprint density at radius 3 is 2.93 bits per heavy atom. The predicted molar refractivity (Wildman–Crippen MR) is 53.8 cm³/mol. The number of nitrogens with zero attached hydrogens (tertiary/aromatic N) is 1. The second-order valence-corrected chi connectivity index (χ2v) is 4.70. The molecule has 0 bridgehead atoms. The molecule has 2 fully saturated rings. The molecule has 3 heteroatoms. The SMILES string of the molecule is COC1CC[C@@]2(C)CCCCC(=O)N12. The van der Waals surface area contributed by atoms with Crippen LogP contribution >= 0.6 is 0 Å². The van der Waals surface area contributed by atoms with E-state index in [1.54, 1.807) is 7.11 Å². The summed E-state index contributed by atoms with van der Waals surface area (Å²) in [5.74, 6) is 0.286. The van der Waals surface area contributed by atoms with Gasteiger partial charge in [0.2, 0.25) is 5.91 Å². The Kier molecular flexibility index (Phi) is 2.52. The van der Waals surface area contributed by atoms with Crippen LogP contribution in [0, 0.1) is 0 Å². The Hall–Kier alpha value is -0.570. The summed E-state index contributed by atoms with van der Waals surface area (Å²) in [7, 11) is 1.70. The summed E-state index contributed by atoms with van der Waals surface area (Å²) >= 11 is 0. The highest BCUT2D eigenvalue weighted by Crippen LogP contribution is 2.40. The number of carbonyl (C=O) groups excluding carboxylic acids is 1. The molecule has 2 aliphatic heterocycles. The topological polar surface area (TPSA) is 29.5 Å². The molecule has 3 nitrogen and oxygen atoms in total. The summed E-state index contributed by atoms with van der Waals surface area (Å²) in [5, 5.41) is 0. The molecule has 0 aliphatic carbocycles. The van der Waals surface area contributed by atoms with Gasteiger partial charge in [-0.15, -0.1) is 0 Å². The van der Waals surface area contributed by atoms with Gasteiger partial charge in [-0.25, -0.2) is 0 Å². The summed E-state index contributed by atoms with van der Waals surface area (Å²) in [6, 6.07) is 0. The fraction of sp³-hybridized carbons (Fsp3) is 0.909. The molecule has 0 aromatic rings. The monoisotopic (exact) mass is 197 g/mol. The molecule has 0 aromatic heterocycles. The number of fused-ring (bicyclic) bond motifs is 1. The number of methoxy groups -OCH3 is 1. The highest BCUT2D eigenvalue weighted by molar-refractivity contribution is 5.78. The summed E-state index contributed by atoms with van der Waals surface area (Å²) in [6.45, 7) is 2.20. The lowest BCUT2D eigenvalue weighted by molar-refractivity contribution is -0.146. The number of rotatable bonds is 1. The summed E-state index contributed by atoms with van der Waals surface area (Å²) < 4.78 is 5.38. The quantitative estimate of drug-likeness (QED) is 0.642. The van der Waals surface area contributed by atoms with E-state index in [2.05, 4.69) is 6.92 Å². The van der Waals surface area contributed by atoms with Crippen LogP contribution in [0.5, 0.6) is 0 Å². The van der Waals surface area contributed by atoms with Gasteiger partial charge in [0.05, 0.1) is 0 Å². The predicted octanol–water partition coefficient (Wildman–Crippen LogP) is 1.91. The maximum Gasteiger partial charge on any atom is 0.225 e. The van der Waals surface area contributed by atoms with Gasteiger partial charge in [0.25, 0.3) is 0 Å². The normalized spacial score (nSPS) is 38.3. The van der Waals surface area contributed by atoms with Crippen LogP contribution in [0.4, 0.5) is 0 Å². The molecule has 0 N–H and O–H groups in total. The van der Waals surface area contributed by atoms with E-state index >= 15 is 0 Å². The average Bonchev–Trinajstić information content (AvgIpc) is 2.43. The lowest BCUT2D eigenvalue weighted by Gasteiger charge is -2.36. The smallest absolute Gasteiger partial charge is 0.225 e. The zero-order chi connectivity index (χ0) is 10.2. The Balaban J connectivity index is 2.24. The number of ether oxygens (including phenoxy) is 1. The van der Waals surface area contributed by atoms with Gasteiger partial charge in [0.1, 0.15) is 6.23 Å². The number of hydrogen-bond donors (Lipinski definition) is 0. The number of carbonyl (C=O) groups is 1. The third-order valence-electron chi connectivity index (χ3n) is 3.70. The Morgan fingerprint density at radius 1 is 1.43 bits per heavy atom. The van der Waals surface area contributed by atoms with Crippen molar-refractivity contribution in [3.05, 3.63) is 0 Å². The van der Waals surface area contributed by atoms with E-state index in [4.69, 9.17) is 4.74 Å². The van der Waals surface area contributed by atoms with Crippen molar-refractivity contribution in [2.45, 2.75) is 57.2 Å². The third kappa shape index (κ3) is 1.44. The molecule has 1 amide bonds. The van der Waals surface area contributed by atoms with E-state index in [1.807, 2.05) is 4.90 Å². The minimum Gasteiger partial charge on any atom is -0.362 e. The molecule has 0 aromatic carbocycles. The summed E-state index contributed by atoms with van der Waals surface area (Å²) in [6.07, 6.45) is 6.19. The minimum absolute atomic E-state index is 0.0330. The first-order valence-electron chi connectivity index (χ1n) is 5.52. The lowest BCUT2D eigenvalue weighted by Crippen LogP contribution is -2.48. The zero-order valence-electron chi connectivity index (χ0n) is 9.08. The second kappa shape index (κ2) is 3.54. The Bertz CT molecular complexity index is 241. The molecular weight excluding hydrogens is 178 g/mol. The van der Waals surface area contributed by atoms with Crippen LogP contribution in [0.15, 0.2) is 0 Å². The van der Waals surface area contributed by atoms with Gasteiger partial charge in [-0.1, -0.05) is 6.42 Å². The fourth-order valence-corrected chi connectivity index (χ4v) is 2.86. The van der Waals surface area contributed by atoms with Gasteiger partial charge in [-0.05, 0) is 32.6 Å². The highest BCUT2D eigenvalue weighted by Gasteiger charge is 2.46. The van der Waals surface area contributed by atoms with Crippen LogP contribution in [-0.4, -0.2) is 29.7 Å². The molecule has 2 rings (SSSR count). The Labute approximate surface area is 85.4 Å². The molecule has 2 aliphatic rings. The van der Waals surface area contributed by atoms with Crippen LogP contribution in [0.2, 0.25) is 0 Å². The van der Waals surface area contributed by atoms with Gasteiger partial charge in [-0.3, -0.25) is 4.79 Å². The maximum atomic E-state index is 11.9. The average molecular weight is 197 g/mol. The number of hydrogen-bond acceptors (Lipinski definition) is 2. The molecule has 1 unspecified atom stereocenters. The molecule has 0 saturated carbocycles. The van der Waals surface area contributed by atoms with E-state index in [1.165, 1.54) is 6.42 Å². The van der Waals surface area contributed by atoms with Crippen molar-refractivity contribution >= 4 is 5.91 Å². The van der Waals surface area contributed by atoms with E-state index < -0.39 is 0 Å².